The maximum atomic E-state index is 12.9. The molecule has 10 heteroatoms. The fourth-order valence-electron chi connectivity index (χ4n) is 3.08. The van der Waals surface area contributed by atoms with Crippen molar-refractivity contribution in [1.82, 2.24) is 18.7 Å². The number of ether oxygens (including phenoxy) is 1. The van der Waals surface area contributed by atoms with Crippen molar-refractivity contribution in [3.8, 4) is 0 Å². The molecule has 0 amide bonds. The van der Waals surface area contributed by atoms with E-state index in [0.717, 1.165) is 4.57 Å². The summed E-state index contributed by atoms with van der Waals surface area (Å²) in [7, 11) is 1.44. The number of anilines is 1. The smallest absolute Gasteiger partial charge is 0.382 e. The molecule has 0 unspecified atom stereocenters. The average Bonchev–Trinajstić information content (AvgIpc) is 2.98. The predicted octanol–water partition coefficient (Wildman–Crippen LogP) is 2.26. The minimum Gasteiger partial charge on any atom is -0.382 e. The number of nitrogens with zero attached hydrogens (tertiary/aromatic N) is 4. The van der Waals surface area contributed by atoms with Crippen LogP contribution in [-0.2, 0) is 24.9 Å². The Hall–Kier alpha value is -2.49. The Bertz CT molecular complexity index is 1000. The summed E-state index contributed by atoms with van der Waals surface area (Å²) in [6, 6.07) is 3.14. The lowest BCUT2D eigenvalue weighted by Gasteiger charge is -2.09. The summed E-state index contributed by atoms with van der Waals surface area (Å²) < 4.78 is 47.6. The molecule has 0 radical (unpaired) electrons. The minimum absolute atomic E-state index is 0.202. The monoisotopic (exact) mass is 371 g/mol. The van der Waals surface area contributed by atoms with Gasteiger partial charge in [-0.2, -0.15) is 13.2 Å². The summed E-state index contributed by atoms with van der Waals surface area (Å²) in [6.45, 7) is 2.22. The predicted molar refractivity (Wildman–Crippen MR) is 92.0 cm³/mol. The van der Waals surface area contributed by atoms with Crippen LogP contribution in [-0.4, -0.2) is 38.1 Å². The van der Waals surface area contributed by atoms with Gasteiger partial charge in [-0.3, -0.25) is 9.13 Å². The molecule has 0 saturated carbocycles. The molecule has 0 fully saturated rings. The Morgan fingerprint density at radius 2 is 1.92 bits per heavy atom. The first-order valence-corrected chi connectivity index (χ1v) is 8.22. The maximum absolute atomic E-state index is 12.9. The summed E-state index contributed by atoms with van der Waals surface area (Å²) in [5, 5.41) is 0. The van der Waals surface area contributed by atoms with Crippen LogP contribution in [0.15, 0.2) is 16.9 Å². The van der Waals surface area contributed by atoms with Crippen molar-refractivity contribution in [2.24, 2.45) is 7.05 Å². The molecule has 0 aliphatic heterocycles. The van der Waals surface area contributed by atoms with E-state index in [-0.39, 0.29) is 11.5 Å². The topological polar surface area (TPSA) is 80.0 Å². The van der Waals surface area contributed by atoms with E-state index in [2.05, 4.69) is 4.98 Å². The first kappa shape index (κ1) is 18.3. The van der Waals surface area contributed by atoms with Gasteiger partial charge >= 0.3 is 11.9 Å². The SMILES string of the molecule is CCOCCCn1c(N)nc2cc3c(cc21)n(CC(F)(F)F)c(=O)n3C. The first-order chi connectivity index (χ1) is 12.2. The van der Waals surface area contributed by atoms with Gasteiger partial charge in [0, 0.05) is 26.8 Å². The Labute approximate surface area is 146 Å². The molecule has 0 spiro atoms. The van der Waals surface area contributed by atoms with Crippen LogP contribution in [0.1, 0.15) is 13.3 Å². The van der Waals surface area contributed by atoms with E-state index in [4.69, 9.17) is 10.5 Å². The highest BCUT2D eigenvalue weighted by Crippen LogP contribution is 2.26. The number of hydrogen-bond donors (Lipinski definition) is 1. The lowest BCUT2D eigenvalue weighted by atomic mass is 10.2. The van der Waals surface area contributed by atoms with Crippen LogP contribution in [0.3, 0.4) is 0 Å². The minimum atomic E-state index is -4.50. The molecule has 1 aromatic carbocycles. The van der Waals surface area contributed by atoms with E-state index in [1.807, 2.05) is 6.92 Å². The van der Waals surface area contributed by atoms with Gasteiger partial charge in [0.1, 0.15) is 6.54 Å². The molecule has 2 N–H and O–H groups in total. The van der Waals surface area contributed by atoms with Gasteiger partial charge in [0.25, 0.3) is 0 Å². The molecule has 0 aliphatic carbocycles. The fourth-order valence-corrected chi connectivity index (χ4v) is 3.08. The zero-order chi connectivity index (χ0) is 19.1. The van der Waals surface area contributed by atoms with E-state index in [1.165, 1.54) is 11.6 Å². The second kappa shape index (κ2) is 6.67. The summed E-state index contributed by atoms with van der Waals surface area (Å²) in [4.78, 5) is 16.5. The number of benzene rings is 1. The van der Waals surface area contributed by atoms with Crippen molar-refractivity contribution in [1.29, 1.82) is 0 Å². The van der Waals surface area contributed by atoms with Crippen molar-refractivity contribution in [2.75, 3.05) is 18.9 Å². The molecule has 2 aromatic heterocycles. The Balaban J connectivity index is 2.12. The number of nitrogens with two attached hydrogens (primary N) is 1. The molecule has 142 valence electrons. The van der Waals surface area contributed by atoms with Crippen molar-refractivity contribution < 1.29 is 17.9 Å². The van der Waals surface area contributed by atoms with Crippen LogP contribution in [0, 0.1) is 0 Å². The van der Waals surface area contributed by atoms with Gasteiger partial charge in [0.15, 0.2) is 0 Å². The van der Waals surface area contributed by atoms with Crippen molar-refractivity contribution in [2.45, 2.75) is 32.6 Å². The van der Waals surface area contributed by atoms with Crippen molar-refractivity contribution in [3.05, 3.63) is 22.6 Å². The molecule has 3 aromatic rings. The molecule has 0 saturated heterocycles. The number of fused-ring (bicyclic) bond motifs is 2. The normalized spacial score (nSPS) is 12.5. The molecule has 3 rings (SSSR count). The maximum Gasteiger partial charge on any atom is 0.406 e. The van der Waals surface area contributed by atoms with Gasteiger partial charge in [0.05, 0.1) is 22.1 Å². The Morgan fingerprint density at radius 1 is 1.19 bits per heavy atom. The van der Waals surface area contributed by atoms with E-state index < -0.39 is 18.4 Å². The third-order valence-corrected chi connectivity index (χ3v) is 4.26. The molecule has 7 nitrogen and oxygen atoms in total. The number of rotatable bonds is 6. The zero-order valence-electron chi connectivity index (χ0n) is 14.5. The largest absolute Gasteiger partial charge is 0.406 e. The Morgan fingerprint density at radius 3 is 2.58 bits per heavy atom. The summed E-state index contributed by atoms with van der Waals surface area (Å²) in [6.07, 6.45) is -3.81. The highest BCUT2D eigenvalue weighted by molar-refractivity contribution is 5.93. The number of aromatic nitrogens is 4. The van der Waals surface area contributed by atoms with Gasteiger partial charge in [-0.1, -0.05) is 0 Å². The van der Waals surface area contributed by atoms with E-state index in [0.29, 0.717) is 42.7 Å². The van der Waals surface area contributed by atoms with Crippen LogP contribution in [0.25, 0.3) is 22.1 Å². The van der Waals surface area contributed by atoms with Gasteiger partial charge < -0.3 is 15.0 Å². The zero-order valence-corrected chi connectivity index (χ0v) is 14.5. The Kier molecular flexibility index (Phi) is 4.70. The lowest BCUT2D eigenvalue weighted by Crippen LogP contribution is -2.28. The quantitative estimate of drug-likeness (QED) is 0.674. The van der Waals surface area contributed by atoms with Gasteiger partial charge in [-0.15, -0.1) is 0 Å². The van der Waals surface area contributed by atoms with Crippen LogP contribution >= 0.6 is 0 Å². The van der Waals surface area contributed by atoms with Crippen molar-refractivity contribution >= 4 is 28.0 Å². The molecule has 26 heavy (non-hydrogen) atoms. The molecule has 0 aliphatic rings. The third kappa shape index (κ3) is 3.28. The van der Waals surface area contributed by atoms with Crippen LogP contribution in [0.4, 0.5) is 19.1 Å². The average molecular weight is 371 g/mol. The molecule has 2 heterocycles. The van der Waals surface area contributed by atoms with Crippen molar-refractivity contribution in [3.63, 3.8) is 0 Å². The number of hydrogen-bond acceptors (Lipinski definition) is 4. The molecule has 0 bridgehead atoms. The summed E-state index contributed by atoms with van der Waals surface area (Å²) >= 11 is 0. The number of halogens is 3. The van der Waals surface area contributed by atoms with Crippen LogP contribution in [0.5, 0.6) is 0 Å². The number of imidazole rings is 2. The molecular weight excluding hydrogens is 351 g/mol. The molecule has 0 atom stereocenters. The second-order valence-corrected chi connectivity index (χ2v) is 6.04. The number of aryl methyl sites for hydroxylation is 2. The van der Waals surface area contributed by atoms with Crippen LogP contribution in [0.2, 0.25) is 0 Å². The highest BCUT2D eigenvalue weighted by Gasteiger charge is 2.30. The first-order valence-electron chi connectivity index (χ1n) is 8.22. The second-order valence-electron chi connectivity index (χ2n) is 6.04. The number of alkyl halides is 3. The van der Waals surface area contributed by atoms with E-state index in [1.54, 1.807) is 16.7 Å². The highest BCUT2D eigenvalue weighted by atomic mass is 19.4. The summed E-state index contributed by atoms with van der Waals surface area (Å²) in [5.41, 5.74) is 6.95. The standard InChI is InChI=1S/C16H20F3N5O2/c1-3-26-6-4-5-23-11-8-13-12(7-10(11)21-14(23)20)22(2)15(25)24(13)9-16(17,18)19/h7-8H,3-6,9H2,1-2H3,(H2,20,21). The lowest BCUT2D eigenvalue weighted by molar-refractivity contribution is -0.140. The molecular formula is C16H20F3N5O2. The van der Waals surface area contributed by atoms with Crippen LogP contribution < -0.4 is 11.4 Å². The third-order valence-electron chi connectivity index (χ3n) is 4.26. The van der Waals surface area contributed by atoms with E-state index in [9.17, 15) is 18.0 Å². The van der Waals surface area contributed by atoms with Gasteiger partial charge in [-0.25, -0.2) is 9.78 Å². The number of nitrogen functional groups attached to an aromatic ring is 1. The van der Waals surface area contributed by atoms with E-state index >= 15 is 0 Å². The summed E-state index contributed by atoms with van der Waals surface area (Å²) in [5.74, 6) is 0.275. The fraction of sp³-hybridized carbons (Fsp3) is 0.500. The van der Waals surface area contributed by atoms with Gasteiger partial charge in [0.2, 0.25) is 5.95 Å². The van der Waals surface area contributed by atoms with Gasteiger partial charge in [-0.05, 0) is 25.5 Å².